The number of anilines is 1. The molecule has 1 rings (SSSR count). The van der Waals surface area contributed by atoms with Gasteiger partial charge in [-0.2, -0.15) is 0 Å². The lowest BCUT2D eigenvalue weighted by Crippen LogP contribution is -2.45. The molecule has 3 N–H and O–H groups in total. The van der Waals surface area contributed by atoms with Crippen LogP contribution in [0.5, 0.6) is 0 Å². The van der Waals surface area contributed by atoms with Crippen molar-refractivity contribution in [3.05, 3.63) is 24.0 Å². The van der Waals surface area contributed by atoms with Gasteiger partial charge in [-0.3, -0.25) is 9.78 Å². The minimum atomic E-state index is -0.795. The first-order valence-corrected chi connectivity index (χ1v) is 7.31. The fourth-order valence-electron chi connectivity index (χ4n) is 2.05. The number of nitrogens with one attached hydrogen (secondary N) is 1. The van der Waals surface area contributed by atoms with Crippen molar-refractivity contribution in [2.45, 2.75) is 32.7 Å². The number of hydrogen-bond acceptors (Lipinski definition) is 5. The molecule has 21 heavy (non-hydrogen) atoms. The van der Waals surface area contributed by atoms with Crippen LogP contribution in [0.15, 0.2) is 18.3 Å². The molecule has 0 aliphatic carbocycles. The number of carbonyl (C=O) groups excluding carboxylic acids is 1. The highest BCUT2D eigenvalue weighted by Gasteiger charge is 2.26. The van der Waals surface area contributed by atoms with E-state index in [2.05, 4.69) is 10.3 Å². The van der Waals surface area contributed by atoms with Crippen LogP contribution in [0.25, 0.3) is 0 Å². The van der Waals surface area contributed by atoms with Gasteiger partial charge in [-0.05, 0) is 32.4 Å². The molecule has 0 spiro atoms. The van der Waals surface area contributed by atoms with Crippen molar-refractivity contribution in [2.75, 3.05) is 31.6 Å². The van der Waals surface area contributed by atoms with Crippen molar-refractivity contribution >= 4 is 11.6 Å². The van der Waals surface area contributed by atoms with Crippen molar-refractivity contribution < 1.29 is 15.0 Å². The van der Waals surface area contributed by atoms with E-state index in [4.69, 9.17) is 0 Å². The Balaban J connectivity index is 2.98. The molecule has 0 bridgehead atoms. The van der Waals surface area contributed by atoms with Crippen LogP contribution in [0.3, 0.4) is 0 Å². The zero-order valence-electron chi connectivity index (χ0n) is 13.0. The normalized spacial score (nSPS) is 11.3. The molecule has 1 heterocycles. The van der Waals surface area contributed by atoms with Gasteiger partial charge in [0.2, 0.25) is 0 Å². The maximum absolute atomic E-state index is 12.3. The predicted molar refractivity (Wildman–Crippen MR) is 82.3 cm³/mol. The summed E-state index contributed by atoms with van der Waals surface area (Å²) >= 11 is 0. The summed E-state index contributed by atoms with van der Waals surface area (Å²) in [5.41, 5.74) is 0.215. The number of nitrogens with zero attached hydrogens (tertiary/aromatic N) is 2. The van der Waals surface area contributed by atoms with Crippen molar-refractivity contribution in [1.82, 2.24) is 9.88 Å². The van der Waals surface area contributed by atoms with Crippen LogP contribution < -0.4 is 5.32 Å². The van der Waals surface area contributed by atoms with E-state index in [1.807, 2.05) is 20.8 Å². The van der Waals surface area contributed by atoms with Gasteiger partial charge in [0.05, 0.1) is 18.8 Å². The Morgan fingerprint density at radius 3 is 2.38 bits per heavy atom. The highest BCUT2D eigenvalue weighted by molar-refractivity contribution is 5.93. The van der Waals surface area contributed by atoms with E-state index in [9.17, 15) is 15.0 Å². The predicted octanol–water partition coefficient (Wildman–Crippen LogP) is 1.11. The Kier molecular flexibility index (Phi) is 6.58. The largest absolute Gasteiger partial charge is 0.394 e. The van der Waals surface area contributed by atoms with E-state index in [1.54, 1.807) is 23.2 Å². The monoisotopic (exact) mass is 295 g/mol. The third-order valence-corrected chi connectivity index (χ3v) is 3.72. The lowest BCUT2D eigenvalue weighted by Gasteiger charge is -2.31. The summed E-state index contributed by atoms with van der Waals surface area (Å²) < 4.78 is 0. The molecule has 1 aromatic heterocycles. The fraction of sp³-hybridized carbons (Fsp3) is 0.600. The van der Waals surface area contributed by atoms with Gasteiger partial charge in [0.25, 0.3) is 5.91 Å². The fourth-order valence-corrected chi connectivity index (χ4v) is 2.05. The average molecular weight is 295 g/mol. The maximum Gasteiger partial charge on any atom is 0.272 e. The Labute approximate surface area is 125 Å². The molecule has 0 saturated heterocycles. The van der Waals surface area contributed by atoms with Gasteiger partial charge in [0.1, 0.15) is 5.69 Å². The van der Waals surface area contributed by atoms with Crippen LogP contribution in [-0.2, 0) is 0 Å². The van der Waals surface area contributed by atoms with Gasteiger partial charge in [-0.1, -0.05) is 6.92 Å². The quantitative estimate of drug-likeness (QED) is 0.669. The van der Waals surface area contributed by atoms with Crippen LogP contribution in [-0.4, -0.2) is 57.8 Å². The second-order valence-electron chi connectivity index (χ2n) is 4.98. The van der Waals surface area contributed by atoms with Crippen LogP contribution >= 0.6 is 0 Å². The zero-order chi connectivity index (χ0) is 15.9. The molecule has 0 atom stereocenters. The van der Waals surface area contributed by atoms with Gasteiger partial charge >= 0.3 is 0 Å². The Bertz CT molecular complexity index is 449. The molecule has 0 aromatic carbocycles. The van der Waals surface area contributed by atoms with Crippen molar-refractivity contribution in [3.8, 4) is 0 Å². The summed E-state index contributed by atoms with van der Waals surface area (Å²) in [6.07, 6.45) is 2.11. The Morgan fingerprint density at radius 1 is 1.29 bits per heavy atom. The van der Waals surface area contributed by atoms with Gasteiger partial charge < -0.3 is 20.4 Å². The molecule has 0 radical (unpaired) electrons. The van der Waals surface area contributed by atoms with Gasteiger partial charge in [-0.25, -0.2) is 0 Å². The third kappa shape index (κ3) is 4.15. The lowest BCUT2D eigenvalue weighted by atomic mass is 9.98. The summed E-state index contributed by atoms with van der Waals surface area (Å²) in [7, 11) is 0. The Morgan fingerprint density at radius 2 is 1.90 bits per heavy atom. The van der Waals surface area contributed by atoms with Gasteiger partial charge in [-0.15, -0.1) is 0 Å². The molecule has 6 nitrogen and oxygen atoms in total. The molecule has 0 aliphatic heterocycles. The lowest BCUT2D eigenvalue weighted by molar-refractivity contribution is 0.0767. The summed E-state index contributed by atoms with van der Waals surface area (Å²) in [4.78, 5) is 18.1. The SMILES string of the molecule is CCN(CC)C(=O)c1cc(NC(CC)(CO)CO)ccn1. The van der Waals surface area contributed by atoms with Crippen molar-refractivity contribution in [2.24, 2.45) is 0 Å². The van der Waals surface area contributed by atoms with E-state index in [-0.39, 0.29) is 19.1 Å². The first-order valence-electron chi connectivity index (χ1n) is 7.31. The highest BCUT2D eigenvalue weighted by Crippen LogP contribution is 2.19. The highest BCUT2D eigenvalue weighted by atomic mass is 16.3. The number of rotatable bonds is 8. The first kappa shape index (κ1) is 17.4. The number of pyridine rings is 1. The number of aromatic nitrogens is 1. The molecule has 0 aliphatic rings. The molecule has 118 valence electrons. The summed E-state index contributed by atoms with van der Waals surface area (Å²) in [6.45, 7) is 6.58. The van der Waals surface area contributed by atoms with Crippen molar-refractivity contribution in [3.63, 3.8) is 0 Å². The summed E-state index contributed by atoms with van der Waals surface area (Å²) in [5, 5.41) is 22.0. The first-order chi connectivity index (χ1) is 10.1. The molecule has 0 unspecified atom stereocenters. The molecule has 1 aromatic rings. The summed E-state index contributed by atoms with van der Waals surface area (Å²) in [5.74, 6) is -0.126. The van der Waals surface area contributed by atoms with Gasteiger partial charge in [0, 0.05) is 25.0 Å². The number of carbonyl (C=O) groups is 1. The van der Waals surface area contributed by atoms with E-state index in [1.165, 1.54) is 0 Å². The zero-order valence-corrected chi connectivity index (χ0v) is 13.0. The molecular formula is C15H25N3O3. The number of aliphatic hydroxyl groups excluding tert-OH is 2. The molecule has 6 heteroatoms. The number of hydrogen-bond donors (Lipinski definition) is 3. The van der Waals surface area contributed by atoms with E-state index in [0.29, 0.717) is 30.9 Å². The molecular weight excluding hydrogens is 270 g/mol. The molecule has 0 saturated carbocycles. The maximum atomic E-state index is 12.3. The molecule has 1 amide bonds. The number of amides is 1. The second-order valence-corrected chi connectivity index (χ2v) is 4.98. The average Bonchev–Trinajstić information content (AvgIpc) is 2.54. The van der Waals surface area contributed by atoms with Crippen LogP contribution in [0, 0.1) is 0 Å². The van der Waals surface area contributed by atoms with E-state index in [0.717, 1.165) is 0 Å². The van der Waals surface area contributed by atoms with Crippen LogP contribution in [0.2, 0.25) is 0 Å². The minimum absolute atomic E-state index is 0.126. The topological polar surface area (TPSA) is 85.7 Å². The van der Waals surface area contributed by atoms with Crippen molar-refractivity contribution in [1.29, 1.82) is 0 Å². The van der Waals surface area contributed by atoms with Gasteiger partial charge in [0.15, 0.2) is 0 Å². The van der Waals surface area contributed by atoms with Crippen LogP contribution in [0.1, 0.15) is 37.7 Å². The standard InChI is InChI=1S/C15H25N3O3/c1-4-15(10-19,11-20)17-12-7-8-16-13(9-12)14(21)18(5-2)6-3/h7-9,19-20H,4-6,10-11H2,1-3H3,(H,16,17). The third-order valence-electron chi connectivity index (χ3n) is 3.72. The minimum Gasteiger partial charge on any atom is -0.394 e. The number of aliphatic hydroxyl groups is 2. The summed E-state index contributed by atoms with van der Waals surface area (Å²) in [6, 6.07) is 3.37. The smallest absolute Gasteiger partial charge is 0.272 e. The van der Waals surface area contributed by atoms with E-state index >= 15 is 0 Å². The second kappa shape index (κ2) is 7.95. The Hall–Kier alpha value is -1.66. The van der Waals surface area contributed by atoms with E-state index < -0.39 is 5.54 Å². The molecule has 0 fully saturated rings. The van der Waals surface area contributed by atoms with Crippen LogP contribution in [0.4, 0.5) is 5.69 Å².